The highest BCUT2D eigenvalue weighted by Gasteiger charge is 2.19. The number of hydrogen-bond acceptors (Lipinski definition) is 2. The van der Waals surface area contributed by atoms with Crippen molar-refractivity contribution in [2.24, 2.45) is 0 Å². The van der Waals surface area contributed by atoms with Crippen molar-refractivity contribution in [2.75, 3.05) is 0 Å². The van der Waals surface area contributed by atoms with E-state index in [0.29, 0.717) is 0 Å². The summed E-state index contributed by atoms with van der Waals surface area (Å²) in [5.41, 5.74) is 0. The molecule has 1 atom stereocenters. The van der Waals surface area contributed by atoms with Crippen LogP contribution in [0.4, 0.5) is 0 Å². The van der Waals surface area contributed by atoms with Gasteiger partial charge in [-0.15, -0.1) is 12.6 Å². The van der Waals surface area contributed by atoms with E-state index >= 15 is 0 Å². The van der Waals surface area contributed by atoms with Crippen LogP contribution in [0.3, 0.4) is 0 Å². The molecule has 11 heavy (non-hydrogen) atoms. The monoisotopic (exact) mass is 156 g/mol. The lowest BCUT2D eigenvalue weighted by Crippen LogP contribution is -2.16. The first kappa shape index (κ1) is 9.74. The molecule has 0 aromatic heterocycles. The lowest BCUT2D eigenvalue weighted by molar-refractivity contribution is -0.143. The van der Waals surface area contributed by atoms with Gasteiger partial charge in [-0.05, 0) is 0 Å². The highest BCUT2D eigenvalue weighted by atomic mass is 16.4. The Morgan fingerprint density at radius 1 is 1.55 bits per heavy atom. The van der Waals surface area contributed by atoms with Gasteiger partial charge >= 0.3 is 5.97 Å². The topological polar surface area (TPSA) is 74.6 Å². The van der Waals surface area contributed by atoms with E-state index in [4.69, 9.17) is 10.2 Å². The first-order chi connectivity index (χ1) is 5.07. The SMILES string of the molecule is C=CBC(CC(=O)O)C(=O)O. The summed E-state index contributed by atoms with van der Waals surface area (Å²) in [6.45, 7) is 3.33. The number of hydrogen-bond donors (Lipinski definition) is 2. The Hall–Kier alpha value is -1.26. The van der Waals surface area contributed by atoms with Crippen LogP contribution in [-0.2, 0) is 9.59 Å². The van der Waals surface area contributed by atoms with Gasteiger partial charge in [0.2, 0.25) is 0 Å². The molecule has 0 aliphatic carbocycles. The van der Waals surface area contributed by atoms with Crippen molar-refractivity contribution in [2.45, 2.75) is 12.2 Å². The zero-order valence-corrected chi connectivity index (χ0v) is 5.99. The van der Waals surface area contributed by atoms with E-state index in [-0.39, 0.29) is 13.7 Å². The van der Waals surface area contributed by atoms with Crippen molar-refractivity contribution in [3.05, 3.63) is 12.6 Å². The number of carboxylic acid groups (broad SMARTS) is 2. The van der Waals surface area contributed by atoms with Gasteiger partial charge in [-0.1, -0.05) is 0 Å². The van der Waals surface area contributed by atoms with E-state index in [1.807, 2.05) is 0 Å². The van der Waals surface area contributed by atoms with Crippen LogP contribution >= 0.6 is 0 Å². The van der Waals surface area contributed by atoms with Gasteiger partial charge < -0.3 is 10.2 Å². The first-order valence-electron chi connectivity index (χ1n) is 3.13. The fraction of sp³-hybridized carbons (Fsp3) is 0.333. The third kappa shape index (κ3) is 4.19. The summed E-state index contributed by atoms with van der Waals surface area (Å²) in [7, 11) is 0.196. The molecule has 0 rings (SSSR count). The van der Waals surface area contributed by atoms with Crippen LogP contribution in [0.1, 0.15) is 6.42 Å². The number of rotatable bonds is 5. The molecule has 1 unspecified atom stereocenters. The van der Waals surface area contributed by atoms with Gasteiger partial charge in [0.05, 0.1) is 6.42 Å². The van der Waals surface area contributed by atoms with E-state index in [0.717, 1.165) is 0 Å². The second-order valence-electron chi connectivity index (χ2n) is 2.16. The zero-order chi connectivity index (χ0) is 8.85. The standard InChI is InChI=1S/C6H9BO4/c1-2-7-4(6(10)11)3-5(8)9/h2,4,7H,1,3H2,(H,8,9)(H,10,11). The van der Waals surface area contributed by atoms with Crippen LogP contribution in [0.15, 0.2) is 12.6 Å². The lowest BCUT2D eigenvalue weighted by atomic mass is 9.63. The van der Waals surface area contributed by atoms with Crippen LogP contribution in [0.5, 0.6) is 0 Å². The minimum Gasteiger partial charge on any atom is -0.482 e. The number of aliphatic carboxylic acids is 2. The van der Waals surface area contributed by atoms with Gasteiger partial charge in [0.1, 0.15) is 0 Å². The molecule has 0 saturated heterocycles. The molecular weight excluding hydrogens is 147 g/mol. The fourth-order valence-corrected chi connectivity index (χ4v) is 0.683. The molecule has 0 aromatic carbocycles. The quantitative estimate of drug-likeness (QED) is 0.545. The van der Waals surface area contributed by atoms with E-state index in [2.05, 4.69) is 6.58 Å². The molecule has 0 heterocycles. The summed E-state index contributed by atoms with van der Waals surface area (Å²) in [4.78, 5) is 20.4. The molecule has 60 valence electrons. The Balaban J connectivity index is 3.99. The molecule has 0 fully saturated rings. The molecule has 5 heteroatoms. The van der Waals surface area contributed by atoms with Crippen LogP contribution < -0.4 is 0 Å². The molecule has 4 nitrogen and oxygen atoms in total. The summed E-state index contributed by atoms with van der Waals surface area (Å²) in [6.07, 6.45) is -0.346. The number of carboxylic acids is 2. The second-order valence-corrected chi connectivity index (χ2v) is 2.16. The highest BCUT2D eigenvalue weighted by molar-refractivity contribution is 6.49. The van der Waals surface area contributed by atoms with E-state index in [1.165, 1.54) is 5.98 Å². The van der Waals surface area contributed by atoms with Crippen LogP contribution in [0, 0.1) is 0 Å². The summed E-state index contributed by atoms with van der Waals surface area (Å²) in [6, 6.07) is 0. The molecule has 0 saturated carbocycles. The fourth-order valence-electron chi connectivity index (χ4n) is 0.683. The average molecular weight is 156 g/mol. The molecular formula is C6H9BO4. The van der Waals surface area contributed by atoms with E-state index < -0.39 is 17.8 Å². The molecule has 0 amide bonds. The number of carbonyl (C=O) groups is 2. The van der Waals surface area contributed by atoms with Gasteiger partial charge in [0.25, 0.3) is 5.97 Å². The van der Waals surface area contributed by atoms with Crippen molar-refractivity contribution in [3.8, 4) is 0 Å². The maximum Gasteiger partial charge on any atom is 0.303 e. The van der Waals surface area contributed by atoms with Crippen molar-refractivity contribution >= 4 is 19.2 Å². The minimum atomic E-state index is -1.10. The van der Waals surface area contributed by atoms with E-state index in [1.54, 1.807) is 0 Å². The average Bonchev–Trinajstić information content (AvgIpc) is 1.86. The summed E-state index contributed by atoms with van der Waals surface area (Å²) in [5.74, 6) is -1.63. The van der Waals surface area contributed by atoms with Crippen LogP contribution in [0.2, 0.25) is 5.82 Å². The summed E-state index contributed by atoms with van der Waals surface area (Å²) in [5, 5.41) is 16.7. The molecule has 0 radical (unpaired) electrons. The second kappa shape index (κ2) is 4.54. The predicted octanol–water partition coefficient (Wildman–Crippen LogP) is -0.0858. The minimum absolute atomic E-state index is 0.196. The van der Waals surface area contributed by atoms with Crippen LogP contribution in [-0.4, -0.2) is 29.4 Å². The Labute approximate surface area is 64.8 Å². The van der Waals surface area contributed by atoms with Gasteiger partial charge in [-0.2, -0.15) is 0 Å². The van der Waals surface area contributed by atoms with E-state index in [9.17, 15) is 9.59 Å². The van der Waals surface area contributed by atoms with Gasteiger partial charge in [0.15, 0.2) is 7.28 Å². The highest BCUT2D eigenvalue weighted by Crippen LogP contribution is 2.08. The Kier molecular flexibility index (Phi) is 4.03. The lowest BCUT2D eigenvalue weighted by Gasteiger charge is -2.03. The van der Waals surface area contributed by atoms with Gasteiger partial charge in [0, 0.05) is 5.82 Å². The Morgan fingerprint density at radius 3 is 2.36 bits per heavy atom. The summed E-state index contributed by atoms with van der Waals surface area (Å²) >= 11 is 0. The third-order valence-electron chi connectivity index (χ3n) is 1.22. The molecule has 0 aliphatic heterocycles. The Bertz CT molecular complexity index is 177. The molecule has 0 spiro atoms. The molecule has 0 bridgehead atoms. The van der Waals surface area contributed by atoms with Crippen molar-refractivity contribution in [1.29, 1.82) is 0 Å². The van der Waals surface area contributed by atoms with Crippen LogP contribution in [0.25, 0.3) is 0 Å². The maximum atomic E-state index is 10.3. The smallest absolute Gasteiger partial charge is 0.303 e. The maximum absolute atomic E-state index is 10.3. The first-order valence-corrected chi connectivity index (χ1v) is 3.13. The third-order valence-corrected chi connectivity index (χ3v) is 1.22. The zero-order valence-electron chi connectivity index (χ0n) is 5.99. The Morgan fingerprint density at radius 2 is 2.09 bits per heavy atom. The van der Waals surface area contributed by atoms with Gasteiger partial charge in [-0.25, -0.2) is 0 Å². The van der Waals surface area contributed by atoms with Crippen molar-refractivity contribution in [1.82, 2.24) is 0 Å². The molecule has 0 aromatic rings. The van der Waals surface area contributed by atoms with Crippen molar-refractivity contribution < 1.29 is 19.8 Å². The largest absolute Gasteiger partial charge is 0.482 e. The molecule has 0 aliphatic rings. The predicted molar refractivity (Wildman–Crippen MR) is 41.0 cm³/mol. The van der Waals surface area contributed by atoms with Gasteiger partial charge in [-0.3, -0.25) is 9.59 Å². The summed E-state index contributed by atoms with van der Waals surface area (Å²) < 4.78 is 0. The normalized spacial score (nSPS) is 11.6. The van der Waals surface area contributed by atoms with Crippen molar-refractivity contribution in [3.63, 3.8) is 0 Å². The molecule has 2 N–H and O–H groups in total.